The number of hydrogen-bond acceptors (Lipinski definition) is 2. The molecule has 0 spiro atoms. The predicted molar refractivity (Wildman–Crippen MR) is 57.4 cm³/mol. The van der Waals surface area contributed by atoms with Gasteiger partial charge in [0, 0.05) is 18.7 Å². The topological polar surface area (TPSA) is 23.5 Å². The molecule has 1 aliphatic heterocycles. The average molecular weight is 230 g/mol. The fourth-order valence-corrected chi connectivity index (χ4v) is 2.13. The van der Waals surface area contributed by atoms with Crippen molar-refractivity contribution in [3.8, 4) is 0 Å². The largest absolute Gasteiger partial charge is 0.382 e. The summed E-state index contributed by atoms with van der Waals surface area (Å²) in [5.41, 5.74) is -0.759. The summed E-state index contributed by atoms with van der Waals surface area (Å²) in [5.74, 6) is -0.502. The molecule has 0 saturated carbocycles. The van der Waals surface area contributed by atoms with E-state index in [0.29, 0.717) is 18.7 Å². The molecule has 0 aromatic heterocycles. The van der Waals surface area contributed by atoms with Crippen molar-refractivity contribution in [2.75, 3.05) is 19.6 Å². The minimum Gasteiger partial charge on any atom is -0.382 e. The maximum atomic E-state index is 13.6. The molecule has 15 heavy (non-hydrogen) atoms. The summed E-state index contributed by atoms with van der Waals surface area (Å²) >= 11 is 5.67. The molecule has 0 aliphatic carbocycles. The molecule has 0 bridgehead atoms. The standard InChI is InChI=1S/C11H13ClFNO/c1-2-14-6-11(15,7-14)8-4-3-5-9(12)10(8)13/h3-5,15H,2,6-7H2,1H3. The highest BCUT2D eigenvalue weighted by atomic mass is 35.5. The van der Waals surface area contributed by atoms with Gasteiger partial charge in [-0.3, -0.25) is 4.90 Å². The number of rotatable bonds is 2. The first-order valence-electron chi connectivity index (χ1n) is 4.96. The predicted octanol–water partition coefficient (Wildman–Crippen LogP) is 2.00. The summed E-state index contributed by atoms with van der Waals surface area (Å²) in [6.07, 6.45) is 0. The van der Waals surface area contributed by atoms with Gasteiger partial charge in [0.1, 0.15) is 11.4 Å². The summed E-state index contributed by atoms with van der Waals surface area (Å²) in [4.78, 5) is 2.04. The van der Waals surface area contributed by atoms with E-state index < -0.39 is 11.4 Å². The van der Waals surface area contributed by atoms with Crippen molar-refractivity contribution in [2.24, 2.45) is 0 Å². The smallest absolute Gasteiger partial charge is 0.147 e. The van der Waals surface area contributed by atoms with Crippen LogP contribution in [0.4, 0.5) is 4.39 Å². The van der Waals surface area contributed by atoms with Gasteiger partial charge in [-0.05, 0) is 12.6 Å². The highest BCUT2D eigenvalue weighted by Crippen LogP contribution is 2.34. The Kier molecular flexibility index (Phi) is 2.71. The van der Waals surface area contributed by atoms with E-state index in [1.807, 2.05) is 11.8 Å². The summed E-state index contributed by atoms with van der Waals surface area (Å²) in [6.45, 7) is 3.82. The van der Waals surface area contributed by atoms with Crippen LogP contribution in [0.25, 0.3) is 0 Å². The normalized spacial score (nSPS) is 20.0. The minimum atomic E-state index is -1.06. The van der Waals surface area contributed by atoms with Crippen molar-refractivity contribution < 1.29 is 9.50 Å². The highest BCUT2D eigenvalue weighted by molar-refractivity contribution is 6.30. The van der Waals surface area contributed by atoms with Crippen molar-refractivity contribution in [2.45, 2.75) is 12.5 Å². The number of hydrogen-bond donors (Lipinski definition) is 1. The first-order chi connectivity index (χ1) is 7.07. The van der Waals surface area contributed by atoms with E-state index in [9.17, 15) is 9.50 Å². The van der Waals surface area contributed by atoms with Crippen LogP contribution in [0, 0.1) is 5.82 Å². The van der Waals surface area contributed by atoms with E-state index in [2.05, 4.69) is 0 Å². The molecule has 1 aliphatic rings. The number of likely N-dealkylation sites (tertiary alicyclic amines) is 1. The van der Waals surface area contributed by atoms with Gasteiger partial charge in [-0.15, -0.1) is 0 Å². The zero-order chi connectivity index (χ0) is 11.1. The number of benzene rings is 1. The van der Waals surface area contributed by atoms with E-state index >= 15 is 0 Å². The average Bonchev–Trinajstić information content (AvgIpc) is 2.17. The van der Waals surface area contributed by atoms with Gasteiger partial charge in [-0.25, -0.2) is 4.39 Å². The highest BCUT2D eigenvalue weighted by Gasteiger charge is 2.43. The first-order valence-corrected chi connectivity index (χ1v) is 5.34. The van der Waals surface area contributed by atoms with Gasteiger partial charge in [0.2, 0.25) is 0 Å². The second kappa shape index (κ2) is 3.74. The number of likely N-dealkylation sites (N-methyl/N-ethyl adjacent to an activating group) is 1. The minimum absolute atomic E-state index is 0.0656. The molecule has 1 aromatic carbocycles. The quantitative estimate of drug-likeness (QED) is 0.839. The van der Waals surface area contributed by atoms with Crippen LogP contribution >= 0.6 is 11.6 Å². The molecular weight excluding hydrogens is 217 g/mol. The van der Waals surface area contributed by atoms with Crippen LogP contribution in [0.5, 0.6) is 0 Å². The summed E-state index contributed by atoms with van der Waals surface area (Å²) < 4.78 is 13.6. The fraction of sp³-hybridized carbons (Fsp3) is 0.455. The van der Waals surface area contributed by atoms with Gasteiger partial charge in [-0.2, -0.15) is 0 Å². The lowest BCUT2D eigenvalue weighted by atomic mass is 9.86. The van der Waals surface area contributed by atoms with Crippen LogP contribution in [-0.4, -0.2) is 29.6 Å². The molecule has 1 aromatic rings. The summed E-state index contributed by atoms with van der Waals surface area (Å²) in [7, 11) is 0. The van der Waals surface area contributed by atoms with Crippen LogP contribution in [0.2, 0.25) is 5.02 Å². The van der Waals surface area contributed by atoms with E-state index in [1.54, 1.807) is 12.1 Å². The Morgan fingerprint density at radius 2 is 2.20 bits per heavy atom. The van der Waals surface area contributed by atoms with Crippen LogP contribution in [0.15, 0.2) is 18.2 Å². The maximum Gasteiger partial charge on any atom is 0.147 e. The molecule has 2 nitrogen and oxygen atoms in total. The third-order valence-electron chi connectivity index (χ3n) is 2.87. The molecule has 0 amide bonds. The Hall–Kier alpha value is -0.640. The monoisotopic (exact) mass is 229 g/mol. The van der Waals surface area contributed by atoms with E-state index in [0.717, 1.165) is 6.54 Å². The first kappa shape index (κ1) is 10.9. The summed E-state index contributed by atoms with van der Waals surface area (Å²) in [6, 6.07) is 4.74. The van der Waals surface area contributed by atoms with Crippen molar-refractivity contribution in [3.63, 3.8) is 0 Å². The second-order valence-electron chi connectivity index (χ2n) is 3.94. The third-order valence-corrected chi connectivity index (χ3v) is 3.16. The van der Waals surface area contributed by atoms with Gasteiger partial charge in [0.15, 0.2) is 0 Å². The Morgan fingerprint density at radius 1 is 1.53 bits per heavy atom. The van der Waals surface area contributed by atoms with Crippen molar-refractivity contribution in [1.82, 2.24) is 4.90 Å². The molecule has 1 N–H and O–H groups in total. The van der Waals surface area contributed by atoms with Crippen LogP contribution in [0.3, 0.4) is 0 Å². The zero-order valence-electron chi connectivity index (χ0n) is 8.50. The van der Waals surface area contributed by atoms with E-state index in [4.69, 9.17) is 11.6 Å². The van der Waals surface area contributed by atoms with Gasteiger partial charge in [0.05, 0.1) is 5.02 Å². The molecule has 0 radical (unpaired) electrons. The van der Waals surface area contributed by atoms with Crippen molar-refractivity contribution >= 4 is 11.6 Å². The Bertz CT molecular complexity index is 377. The van der Waals surface area contributed by atoms with Gasteiger partial charge < -0.3 is 5.11 Å². The van der Waals surface area contributed by atoms with Gasteiger partial charge in [-0.1, -0.05) is 30.7 Å². The molecule has 82 valence electrons. The number of aliphatic hydroxyl groups is 1. The summed E-state index contributed by atoms with van der Waals surface area (Å²) in [5, 5.41) is 10.2. The molecule has 1 fully saturated rings. The van der Waals surface area contributed by atoms with Crippen molar-refractivity contribution in [3.05, 3.63) is 34.6 Å². The lowest BCUT2D eigenvalue weighted by molar-refractivity contribution is -0.103. The fourth-order valence-electron chi connectivity index (χ4n) is 1.95. The maximum absolute atomic E-state index is 13.6. The Labute approximate surface area is 93.3 Å². The van der Waals surface area contributed by atoms with Crippen LogP contribution in [0.1, 0.15) is 12.5 Å². The second-order valence-corrected chi connectivity index (χ2v) is 4.34. The van der Waals surface area contributed by atoms with Crippen molar-refractivity contribution in [1.29, 1.82) is 0 Å². The zero-order valence-corrected chi connectivity index (χ0v) is 9.26. The lowest BCUT2D eigenvalue weighted by Gasteiger charge is -2.46. The molecule has 4 heteroatoms. The molecular formula is C11H13ClFNO. The number of halogens is 2. The number of nitrogens with zero attached hydrogens (tertiary/aromatic N) is 1. The molecule has 2 rings (SSSR count). The molecule has 1 saturated heterocycles. The Morgan fingerprint density at radius 3 is 2.80 bits per heavy atom. The van der Waals surface area contributed by atoms with E-state index in [-0.39, 0.29) is 5.02 Å². The Balaban J connectivity index is 2.27. The SMILES string of the molecule is CCN1CC(O)(c2cccc(Cl)c2F)C1. The van der Waals surface area contributed by atoms with Gasteiger partial charge in [0.25, 0.3) is 0 Å². The molecule has 1 heterocycles. The molecule has 0 unspecified atom stereocenters. The molecule has 0 atom stereocenters. The van der Waals surface area contributed by atoms with Crippen LogP contribution in [-0.2, 0) is 5.60 Å². The lowest BCUT2D eigenvalue weighted by Crippen LogP contribution is -2.59. The van der Waals surface area contributed by atoms with Gasteiger partial charge >= 0.3 is 0 Å². The van der Waals surface area contributed by atoms with E-state index in [1.165, 1.54) is 6.07 Å². The number of β-amino-alcohol motifs (C(OH)–C–C–N with tert-alkyl or cyclic N) is 1. The third kappa shape index (κ3) is 1.75. The van der Waals surface area contributed by atoms with Crippen LogP contribution < -0.4 is 0 Å².